The van der Waals surface area contributed by atoms with Crippen molar-refractivity contribution in [3.05, 3.63) is 144 Å². The molecule has 0 saturated carbocycles. The number of piperidine rings is 1. The highest BCUT2D eigenvalue weighted by atomic mass is 16.5. The Morgan fingerprint density at radius 3 is 1.66 bits per heavy atom. The molecule has 44 heavy (non-hydrogen) atoms. The van der Waals surface area contributed by atoms with Gasteiger partial charge >= 0.3 is 5.97 Å². The number of carbonyl (C=O) groups excluding carboxylic acids is 3. The fraction of sp³-hybridized carbons (Fsp3) is 0.256. The Bertz CT molecular complexity index is 1590. The van der Waals surface area contributed by atoms with Gasteiger partial charge in [-0.15, -0.1) is 0 Å². The van der Waals surface area contributed by atoms with E-state index in [0.29, 0.717) is 18.7 Å². The number of nitrogens with zero attached hydrogens (tertiary/aromatic N) is 1. The highest BCUT2D eigenvalue weighted by Crippen LogP contribution is 2.46. The van der Waals surface area contributed by atoms with Gasteiger partial charge in [0.1, 0.15) is 0 Å². The minimum Gasteiger partial charge on any atom is -0.457 e. The molecule has 4 aromatic carbocycles. The second kappa shape index (κ2) is 13.7. The van der Waals surface area contributed by atoms with Gasteiger partial charge in [-0.1, -0.05) is 127 Å². The third-order valence-corrected chi connectivity index (χ3v) is 8.94. The fourth-order valence-corrected chi connectivity index (χ4v) is 6.63. The summed E-state index contributed by atoms with van der Waals surface area (Å²) < 4.78 is 5.82. The molecule has 0 aromatic heterocycles. The smallest absolute Gasteiger partial charge is 0.311 e. The molecule has 1 saturated heterocycles. The molecule has 0 spiro atoms. The highest BCUT2D eigenvalue weighted by Gasteiger charge is 2.48. The molecule has 1 aliphatic carbocycles. The van der Waals surface area contributed by atoms with Gasteiger partial charge in [0.05, 0.1) is 11.8 Å². The second-order valence-corrected chi connectivity index (χ2v) is 11.7. The van der Waals surface area contributed by atoms with E-state index in [2.05, 4.69) is 6.08 Å². The predicted molar refractivity (Wildman–Crippen MR) is 172 cm³/mol. The van der Waals surface area contributed by atoms with Crippen LogP contribution in [0.3, 0.4) is 0 Å². The molecular formula is C39H37NO4. The number of hydrogen-bond donors (Lipinski definition) is 0. The minimum atomic E-state index is -0.782. The molecular weight excluding hydrogens is 546 g/mol. The van der Waals surface area contributed by atoms with Crippen LogP contribution in [0.15, 0.2) is 127 Å². The number of rotatable bonds is 8. The highest BCUT2D eigenvalue weighted by molar-refractivity contribution is 5.98. The molecule has 2 aliphatic rings. The SMILES string of the molecule is O=C(COC(=O)C1C(c2ccccc2)C=CC(c2ccccc2)C1C(=O)N1CCCCC1)c1ccc(-c2ccccc2)cc1. The van der Waals surface area contributed by atoms with Gasteiger partial charge in [-0.3, -0.25) is 14.4 Å². The van der Waals surface area contributed by atoms with Crippen molar-refractivity contribution in [1.29, 1.82) is 0 Å². The summed E-state index contributed by atoms with van der Waals surface area (Å²) in [6.07, 6.45) is 7.15. The Kier molecular flexibility index (Phi) is 9.11. The molecule has 1 heterocycles. The summed E-state index contributed by atoms with van der Waals surface area (Å²) in [5, 5.41) is 0. The van der Waals surface area contributed by atoms with E-state index in [4.69, 9.17) is 4.74 Å². The van der Waals surface area contributed by atoms with Crippen LogP contribution in [0.4, 0.5) is 0 Å². The van der Waals surface area contributed by atoms with Crippen molar-refractivity contribution in [2.45, 2.75) is 31.1 Å². The van der Waals surface area contributed by atoms with Crippen molar-refractivity contribution < 1.29 is 19.1 Å². The third kappa shape index (κ3) is 6.42. The Morgan fingerprint density at radius 1 is 0.591 bits per heavy atom. The predicted octanol–water partition coefficient (Wildman–Crippen LogP) is 7.46. The topological polar surface area (TPSA) is 63.7 Å². The largest absolute Gasteiger partial charge is 0.457 e. The van der Waals surface area contributed by atoms with Crippen molar-refractivity contribution in [1.82, 2.24) is 4.90 Å². The van der Waals surface area contributed by atoms with E-state index >= 15 is 0 Å². The second-order valence-electron chi connectivity index (χ2n) is 11.7. The van der Waals surface area contributed by atoms with Gasteiger partial charge in [-0.05, 0) is 41.5 Å². The van der Waals surface area contributed by atoms with Crippen LogP contribution in [0.2, 0.25) is 0 Å². The van der Waals surface area contributed by atoms with Gasteiger partial charge in [-0.2, -0.15) is 0 Å². The molecule has 1 aliphatic heterocycles. The molecule has 1 amide bonds. The normalized spacial score (nSPS) is 21.4. The van der Waals surface area contributed by atoms with Gasteiger partial charge < -0.3 is 9.64 Å². The Balaban J connectivity index is 1.29. The number of ether oxygens (including phenoxy) is 1. The third-order valence-electron chi connectivity index (χ3n) is 8.94. The Labute approximate surface area is 259 Å². The van der Waals surface area contributed by atoms with E-state index in [9.17, 15) is 14.4 Å². The molecule has 4 aromatic rings. The lowest BCUT2D eigenvalue weighted by Gasteiger charge is -2.41. The summed E-state index contributed by atoms with van der Waals surface area (Å²) in [5.41, 5.74) is 4.47. The molecule has 0 radical (unpaired) electrons. The van der Waals surface area contributed by atoms with Crippen molar-refractivity contribution in [3.63, 3.8) is 0 Å². The average molecular weight is 584 g/mol. The maximum Gasteiger partial charge on any atom is 0.311 e. The van der Waals surface area contributed by atoms with E-state index in [-0.39, 0.29) is 30.1 Å². The zero-order chi connectivity index (χ0) is 30.3. The molecule has 0 bridgehead atoms. The summed E-state index contributed by atoms with van der Waals surface area (Å²) in [6, 6.07) is 37.0. The van der Waals surface area contributed by atoms with Gasteiger partial charge in [0.15, 0.2) is 12.4 Å². The van der Waals surface area contributed by atoms with Gasteiger partial charge in [0, 0.05) is 30.5 Å². The number of ketones is 1. The molecule has 4 unspecified atom stereocenters. The van der Waals surface area contributed by atoms with Crippen LogP contribution in [-0.4, -0.2) is 42.3 Å². The number of Topliss-reactive ketones (excluding diaryl/α,β-unsaturated/α-hetero) is 1. The number of amides is 1. The molecule has 222 valence electrons. The van der Waals surface area contributed by atoms with E-state index in [0.717, 1.165) is 41.5 Å². The standard InChI is InChI=1S/C39H37NO4/c41-35(32-21-19-29(20-22-32)28-13-5-1-6-14-28)27-44-39(43)37-34(31-17-9-3-10-18-31)24-23-33(30-15-7-2-8-16-30)36(37)38(42)40-25-11-4-12-26-40/h1-3,5-10,13-24,33-34,36-37H,4,11-12,25-27H2. The molecule has 4 atom stereocenters. The van der Waals surface area contributed by atoms with E-state index in [1.807, 2.05) is 114 Å². The number of benzene rings is 4. The van der Waals surface area contributed by atoms with Gasteiger partial charge in [0.2, 0.25) is 5.91 Å². The van der Waals surface area contributed by atoms with Crippen molar-refractivity contribution >= 4 is 17.7 Å². The van der Waals surface area contributed by atoms with E-state index in [1.54, 1.807) is 12.1 Å². The fourth-order valence-electron chi connectivity index (χ4n) is 6.63. The molecule has 1 fully saturated rings. The lowest BCUT2D eigenvalue weighted by molar-refractivity contribution is -0.156. The van der Waals surface area contributed by atoms with Crippen LogP contribution in [0, 0.1) is 11.8 Å². The summed E-state index contributed by atoms with van der Waals surface area (Å²) in [7, 11) is 0. The number of esters is 1. The van der Waals surface area contributed by atoms with Crippen LogP contribution in [0.5, 0.6) is 0 Å². The van der Waals surface area contributed by atoms with Gasteiger partial charge in [0.25, 0.3) is 0 Å². The Hall–Kier alpha value is -4.77. The number of carbonyl (C=O) groups is 3. The maximum absolute atomic E-state index is 14.4. The van der Waals surface area contributed by atoms with Crippen molar-refractivity contribution in [3.8, 4) is 11.1 Å². The molecule has 5 nitrogen and oxygen atoms in total. The zero-order valence-corrected chi connectivity index (χ0v) is 24.8. The van der Waals surface area contributed by atoms with Crippen LogP contribution in [-0.2, 0) is 14.3 Å². The number of likely N-dealkylation sites (tertiary alicyclic amines) is 1. The summed E-state index contributed by atoms with van der Waals surface area (Å²) >= 11 is 0. The lowest BCUT2D eigenvalue weighted by Crippen LogP contribution is -2.48. The first-order chi connectivity index (χ1) is 21.6. The first-order valence-electron chi connectivity index (χ1n) is 15.5. The van der Waals surface area contributed by atoms with E-state index in [1.165, 1.54) is 0 Å². The molecule has 6 rings (SSSR count). The van der Waals surface area contributed by atoms with Gasteiger partial charge in [-0.25, -0.2) is 0 Å². The number of hydrogen-bond acceptors (Lipinski definition) is 4. The summed E-state index contributed by atoms with van der Waals surface area (Å²) in [6.45, 7) is 0.997. The molecule has 5 heteroatoms. The monoisotopic (exact) mass is 583 g/mol. The first-order valence-corrected chi connectivity index (χ1v) is 15.5. The van der Waals surface area contributed by atoms with Crippen LogP contribution in [0.1, 0.15) is 52.6 Å². The number of allylic oxidation sites excluding steroid dienone is 2. The van der Waals surface area contributed by atoms with Crippen LogP contribution in [0.25, 0.3) is 11.1 Å². The Morgan fingerprint density at radius 2 is 1.09 bits per heavy atom. The minimum absolute atomic E-state index is 0.0198. The summed E-state index contributed by atoms with van der Waals surface area (Å²) in [4.78, 5) is 43.6. The zero-order valence-electron chi connectivity index (χ0n) is 24.8. The van der Waals surface area contributed by atoms with Crippen LogP contribution >= 0.6 is 0 Å². The van der Waals surface area contributed by atoms with Crippen molar-refractivity contribution in [2.75, 3.05) is 19.7 Å². The first kappa shape index (κ1) is 29.3. The summed E-state index contributed by atoms with van der Waals surface area (Å²) in [5.74, 6) is -2.90. The lowest BCUT2D eigenvalue weighted by atomic mass is 9.66. The van der Waals surface area contributed by atoms with Crippen LogP contribution < -0.4 is 0 Å². The average Bonchev–Trinajstić information content (AvgIpc) is 3.11. The van der Waals surface area contributed by atoms with E-state index < -0.39 is 17.8 Å². The quantitative estimate of drug-likeness (QED) is 0.123. The molecule has 0 N–H and O–H groups in total. The van der Waals surface area contributed by atoms with Crippen molar-refractivity contribution in [2.24, 2.45) is 11.8 Å². The maximum atomic E-state index is 14.4.